The third-order valence-electron chi connectivity index (χ3n) is 5.02. The molecule has 0 aliphatic carbocycles. The third-order valence-corrected chi connectivity index (χ3v) is 5.02. The number of hydrogen-bond acceptors (Lipinski definition) is 4. The van der Waals surface area contributed by atoms with Gasteiger partial charge >= 0.3 is 12.1 Å². The van der Waals surface area contributed by atoms with Crippen molar-refractivity contribution >= 4 is 18.0 Å². The van der Waals surface area contributed by atoms with Crippen molar-refractivity contribution in [2.24, 2.45) is 5.73 Å². The Morgan fingerprint density at radius 2 is 2.08 bits per heavy atom. The molecule has 25 heavy (non-hydrogen) atoms. The lowest BCUT2D eigenvalue weighted by atomic mass is 10.0. The van der Waals surface area contributed by atoms with Crippen molar-refractivity contribution in [3.8, 4) is 0 Å². The summed E-state index contributed by atoms with van der Waals surface area (Å²) in [5.41, 5.74) is 6.04. The van der Waals surface area contributed by atoms with Crippen LogP contribution in [-0.4, -0.2) is 62.5 Å². The molecule has 0 aromatic carbocycles. The second kappa shape index (κ2) is 6.73. The Morgan fingerprint density at radius 3 is 2.64 bits per heavy atom. The molecule has 2 aliphatic heterocycles. The molecule has 0 spiro atoms. The zero-order valence-electron chi connectivity index (χ0n) is 14.6. The van der Waals surface area contributed by atoms with Gasteiger partial charge in [0.25, 0.3) is 0 Å². The number of hydrogen-bond donors (Lipinski definition) is 2. The summed E-state index contributed by atoms with van der Waals surface area (Å²) in [6.07, 6.45) is 3.69. The minimum absolute atomic E-state index is 0.0309. The number of nitrogens with zero attached hydrogens (tertiary/aromatic N) is 4. The molecule has 0 saturated carbocycles. The molecule has 3 heterocycles. The minimum Gasteiger partial charge on any atom is -0.352 e. The molecular weight excluding hydrogens is 324 g/mol. The van der Waals surface area contributed by atoms with E-state index in [0.29, 0.717) is 31.9 Å². The first-order chi connectivity index (χ1) is 11.9. The number of piperidine rings is 1. The maximum absolute atomic E-state index is 12.6. The SMILES string of the molecule is CC[C@@H](NC(N)=O)C(=O)N1CCC(N2Cc3cnc(C)n3C2=O)CC1. The van der Waals surface area contributed by atoms with Gasteiger partial charge in [-0.1, -0.05) is 6.92 Å². The third kappa shape index (κ3) is 3.18. The van der Waals surface area contributed by atoms with Crippen LogP contribution in [0.5, 0.6) is 0 Å². The van der Waals surface area contributed by atoms with E-state index >= 15 is 0 Å². The van der Waals surface area contributed by atoms with Crippen LogP contribution in [-0.2, 0) is 11.3 Å². The lowest BCUT2D eigenvalue weighted by molar-refractivity contribution is -0.134. The van der Waals surface area contributed by atoms with Crippen LogP contribution in [0.15, 0.2) is 6.20 Å². The van der Waals surface area contributed by atoms with E-state index in [2.05, 4.69) is 10.3 Å². The summed E-state index contributed by atoms with van der Waals surface area (Å²) in [7, 11) is 0. The number of likely N-dealkylation sites (tertiary alicyclic amines) is 1. The maximum atomic E-state index is 12.6. The molecule has 0 bridgehead atoms. The molecule has 136 valence electrons. The molecule has 1 fully saturated rings. The van der Waals surface area contributed by atoms with Crippen molar-refractivity contribution in [1.29, 1.82) is 0 Å². The summed E-state index contributed by atoms with van der Waals surface area (Å²) in [6, 6.07) is -1.20. The Labute approximate surface area is 146 Å². The van der Waals surface area contributed by atoms with E-state index in [1.54, 1.807) is 15.7 Å². The predicted octanol–water partition coefficient (Wildman–Crippen LogP) is 0.413. The van der Waals surface area contributed by atoms with E-state index in [4.69, 9.17) is 5.73 Å². The Balaban J connectivity index is 1.58. The summed E-state index contributed by atoms with van der Waals surface area (Å²) < 4.78 is 1.65. The predicted molar refractivity (Wildman–Crippen MR) is 89.7 cm³/mol. The highest BCUT2D eigenvalue weighted by Crippen LogP contribution is 2.26. The molecule has 4 amide bonds. The first-order valence-corrected chi connectivity index (χ1v) is 8.61. The van der Waals surface area contributed by atoms with Crippen LogP contribution in [0.25, 0.3) is 0 Å². The molecule has 1 saturated heterocycles. The number of rotatable bonds is 4. The summed E-state index contributed by atoms with van der Waals surface area (Å²) in [6.45, 7) is 5.35. The molecule has 0 radical (unpaired) electrons. The van der Waals surface area contributed by atoms with Crippen molar-refractivity contribution in [3.05, 3.63) is 17.7 Å². The number of fused-ring (bicyclic) bond motifs is 1. The van der Waals surface area contributed by atoms with Gasteiger partial charge in [0.1, 0.15) is 11.9 Å². The van der Waals surface area contributed by atoms with Crippen molar-refractivity contribution in [2.75, 3.05) is 13.1 Å². The number of imidazole rings is 1. The lowest BCUT2D eigenvalue weighted by Crippen LogP contribution is -2.53. The molecule has 9 nitrogen and oxygen atoms in total. The number of carbonyl (C=O) groups excluding carboxylic acids is 3. The molecule has 1 aromatic rings. The summed E-state index contributed by atoms with van der Waals surface area (Å²) in [5.74, 6) is 0.595. The summed E-state index contributed by atoms with van der Waals surface area (Å²) >= 11 is 0. The minimum atomic E-state index is -0.691. The smallest absolute Gasteiger partial charge is 0.330 e. The zero-order valence-corrected chi connectivity index (χ0v) is 14.6. The van der Waals surface area contributed by atoms with Gasteiger partial charge in [-0.2, -0.15) is 0 Å². The topological polar surface area (TPSA) is 114 Å². The van der Waals surface area contributed by atoms with Crippen LogP contribution in [0.3, 0.4) is 0 Å². The van der Waals surface area contributed by atoms with Gasteiger partial charge in [0.2, 0.25) is 5.91 Å². The maximum Gasteiger partial charge on any atom is 0.330 e. The van der Waals surface area contributed by atoms with Crippen LogP contribution in [0.4, 0.5) is 9.59 Å². The van der Waals surface area contributed by atoms with Crippen LogP contribution < -0.4 is 11.1 Å². The second-order valence-corrected chi connectivity index (χ2v) is 6.57. The number of carbonyl (C=O) groups is 3. The summed E-state index contributed by atoms with van der Waals surface area (Å²) in [5, 5.41) is 2.49. The first kappa shape index (κ1) is 17.2. The van der Waals surface area contributed by atoms with Crippen molar-refractivity contribution in [2.45, 2.75) is 51.7 Å². The van der Waals surface area contributed by atoms with Gasteiger partial charge in [0.15, 0.2) is 0 Å². The first-order valence-electron chi connectivity index (χ1n) is 8.61. The quantitative estimate of drug-likeness (QED) is 0.820. The highest BCUT2D eigenvalue weighted by Gasteiger charge is 2.37. The number of aryl methyl sites for hydroxylation is 1. The normalized spacial score (nSPS) is 19.0. The van der Waals surface area contributed by atoms with Crippen LogP contribution >= 0.6 is 0 Å². The Hall–Kier alpha value is -2.58. The number of aromatic nitrogens is 2. The molecular formula is C16H24N6O3. The molecule has 1 aromatic heterocycles. The fraction of sp³-hybridized carbons (Fsp3) is 0.625. The monoisotopic (exact) mass is 348 g/mol. The largest absolute Gasteiger partial charge is 0.352 e. The van der Waals surface area contributed by atoms with E-state index in [1.807, 2.05) is 18.7 Å². The van der Waals surface area contributed by atoms with Gasteiger partial charge in [0.05, 0.1) is 18.4 Å². The van der Waals surface area contributed by atoms with Gasteiger partial charge in [0, 0.05) is 19.1 Å². The van der Waals surface area contributed by atoms with Gasteiger partial charge in [-0.3, -0.25) is 9.36 Å². The number of nitrogens with one attached hydrogen (secondary N) is 1. The highest BCUT2D eigenvalue weighted by molar-refractivity contribution is 5.86. The van der Waals surface area contributed by atoms with Crippen LogP contribution in [0, 0.1) is 6.92 Å². The van der Waals surface area contributed by atoms with Crippen LogP contribution in [0.1, 0.15) is 37.7 Å². The second-order valence-electron chi connectivity index (χ2n) is 6.57. The number of nitrogens with two attached hydrogens (primary N) is 1. The summed E-state index contributed by atoms with van der Waals surface area (Å²) in [4.78, 5) is 43.9. The number of amides is 4. The molecule has 0 unspecified atom stereocenters. The molecule has 2 aliphatic rings. The van der Waals surface area contributed by atoms with E-state index in [0.717, 1.165) is 18.5 Å². The van der Waals surface area contributed by atoms with Gasteiger partial charge in [-0.05, 0) is 26.2 Å². The van der Waals surface area contributed by atoms with E-state index in [9.17, 15) is 14.4 Å². The zero-order chi connectivity index (χ0) is 18.1. The average molecular weight is 348 g/mol. The van der Waals surface area contributed by atoms with E-state index < -0.39 is 12.1 Å². The Morgan fingerprint density at radius 1 is 1.40 bits per heavy atom. The fourth-order valence-corrected chi connectivity index (χ4v) is 3.65. The lowest BCUT2D eigenvalue weighted by Gasteiger charge is -2.37. The number of urea groups is 1. The van der Waals surface area contributed by atoms with Crippen molar-refractivity contribution < 1.29 is 14.4 Å². The average Bonchev–Trinajstić information content (AvgIpc) is 3.12. The van der Waals surface area contributed by atoms with Gasteiger partial charge in [-0.15, -0.1) is 0 Å². The molecule has 1 atom stereocenters. The fourth-order valence-electron chi connectivity index (χ4n) is 3.65. The standard InChI is InChI=1S/C16H24N6O3/c1-3-13(19-15(17)24)14(23)20-6-4-11(5-7-20)21-9-12-8-18-10(2)22(12)16(21)25/h8,11,13H,3-7,9H2,1-2H3,(H3,17,19,24)/t13-/m1/s1. The van der Waals surface area contributed by atoms with E-state index in [-0.39, 0.29) is 18.0 Å². The van der Waals surface area contributed by atoms with Gasteiger partial charge in [-0.25, -0.2) is 14.6 Å². The van der Waals surface area contributed by atoms with Gasteiger partial charge < -0.3 is 20.9 Å². The number of primary amides is 1. The van der Waals surface area contributed by atoms with E-state index in [1.165, 1.54) is 0 Å². The molecule has 9 heteroatoms. The molecule has 3 N–H and O–H groups in total. The van der Waals surface area contributed by atoms with Crippen molar-refractivity contribution in [3.63, 3.8) is 0 Å². The van der Waals surface area contributed by atoms with Crippen molar-refractivity contribution in [1.82, 2.24) is 24.7 Å². The Bertz CT molecular complexity index is 692. The Kier molecular flexibility index (Phi) is 4.65. The highest BCUT2D eigenvalue weighted by atomic mass is 16.2. The molecule has 3 rings (SSSR count). The van der Waals surface area contributed by atoms with Crippen LogP contribution in [0.2, 0.25) is 0 Å².